The highest BCUT2D eigenvalue weighted by molar-refractivity contribution is 5.33. The number of aryl methyl sites for hydroxylation is 1. The second-order valence-corrected chi connectivity index (χ2v) is 11.5. The van der Waals surface area contributed by atoms with Gasteiger partial charge in [-0.2, -0.15) is 0 Å². The van der Waals surface area contributed by atoms with Crippen molar-refractivity contribution < 1.29 is 9.85 Å². The first-order chi connectivity index (χ1) is 20.4. The smallest absolute Gasteiger partial charge is 0.269 e. The Kier molecular flexibility index (Phi) is 12.1. The predicted molar refractivity (Wildman–Crippen MR) is 164 cm³/mol. The van der Waals surface area contributed by atoms with Crippen LogP contribution in [0.2, 0.25) is 0 Å². The molecule has 13 nitrogen and oxygen atoms in total. The lowest BCUT2D eigenvalue weighted by Crippen LogP contribution is -2.64. The standard InChI is InChI=1S/C29H45N9O4/c39-37(40)26-5-1-24(2-6-26)9-10-28-18-30-11-14-33-21-29(22-34-15-12-31-19-28,23-35-16-13-32-20-28)36-17-25-3-7-27(8-4-25)38(41)42/h1-8,30-36H,9-23H2. The van der Waals surface area contributed by atoms with Crippen LogP contribution in [-0.2, 0) is 13.0 Å². The van der Waals surface area contributed by atoms with E-state index in [-0.39, 0.29) is 32.2 Å². The number of nitro groups is 2. The summed E-state index contributed by atoms with van der Waals surface area (Å²) in [5, 5.41) is 47.9. The fraction of sp³-hybridized carbons (Fsp3) is 0.586. The fourth-order valence-electron chi connectivity index (χ4n) is 5.62. The van der Waals surface area contributed by atoms with E-state index in [2.05, 4.69) is 37.2 Å². The largest absolute Gasteiger partial charge is 0.315 e. The molecule has 0 radical (unpaired) electrons. The molecule has 0 unspecified atom stereocenters. The molecule has 0 aliphatic carbocycles. The van der Waals surface area contributed by atoms with Crippen LogP contribution in [0.15, 0.2) is 48.5 Å². The molecule has 7 N–H and O–H groups in total. The van der Waals surface area contributed by atoms with Crippen LogP contribution in [0.1, 0.15) is 17.5 Å². The van der Waals surface area contributed by atoms with Crippen molar-refractivity contribution in [3.05, 3.63) is 79.9 Å². The van der Waals surface area contributed by atoms with Crippen LogP contribution in [0.25, 0.3) is 0 Å². The van der Waals surface area contributed by atoms with E-state index in [1.807, 2.05) is 24.3 Å². The van der Waals surface area contributed by atoms with Crippen molar-refractivity contribution in [1.82, 2.24) is 37.2 Å². The Balaban J connectivity index is 1.42. The monoisotopic (exact) mass is 583 g/mol. The van der Waals surface area contributed by atoms with Gasteiger partial charge in [0.05, 0.1) is 15.4 Å². The number of non-ortho nitro benzene ring substituents is 2. The molecule has 2 aromatic rings. The number of benzene rings is 2. The van der Waals surface area contributed by atoms with Gasteiger partial charge in [-0.1, -0.05) is 24.3 Å². The third kappa shape index (κ3) is 9.76. The molecule has 2 aromatic carbocycles. The topological polar surface area (TPSA) is 170 Å². The van der Waals surface area contributed by atoms with Gasteiger partial charge in [-0.25, -0.2) is 0 Å². The van der Waals surface area contributed by atoms with E-state index in [0.29, 0.717) is 6.54 Å². The van der Waals surface area contributed by atoms with Crippen LogP contribution in [0, 0.1) is 25.6 Å². The zero-order chi connectivity index (χ0) is 29.7. The van der Waals surface area contributed by atoms with Gasteiger partial charge in [-0.15, -0.1) is 0 Å². The van der Waals surface area contributed by atoms with Gasteiger partial charge in [0.1, 0.15) is 0 Å². The Morgan fingerprint density at radius 1 is 0.595 bits per heavy atom. The number of hydrogen-bond acceptors (Lipinski definition) is 11. The highest BCUT2D eigenvalue weighted by Gasteiger charge is 2.32. The van der Waals surface area contributed by atoms with Gasteiger partial charge in [0, 0.05) is 115 Å². The van der Waals surface area contributed by atoms with Gasteiger partial charge in [0.25, 0.3) is 11.4 Å². The van der Waals surface area contributed by atoms with Crippen molar-refractivity contribution in [1.29, 1.82) is 0 Å². The Hall–Kier alpha value is -3.04. The summed E-state index contributed by atoms with van der Waals surface area (Å²) in [6.07, 6.45) is 1.79. The molecule has 0 spiro atoms. The number of rotatable bonds is 8. The molecule has 3 aliphatic rings. The number of nitrogens with zero attached hydrogens (tertiary/aromatic N) is 2. The third-order valence-electron chi connectivity index (χ3n) is 8.23. The summed E-state index contributed by atoms with van der Waals surface area (Å²) >= 11 is 0. The van der Waals surface area contributed by atoms with E-state index < -0.39 is 0 Å². The summed E-state index contributed by atoms with van der Waals surface area (Å²) in [6.45, 7) is 10.4. The maximum atomic E-state index is 11.1. The normalized spacial score (nSPS) is 24.9. The van der Waals surface area contributed by atoms with Gasteiger partial charge < -0.3 is 37.2 Å². The van der Waals surface area contributed by atoms with Crippen molar-refractivity contribution in [3.63, 3.8) is 0 Å². The lowest BCUT2D eigenvalue weighted by molar-refractivity contribution is -0.385. The SMILES string of the molecule is O=[N+]([O-])c1ccc(CCC23CNCCNCC(NCc4ccc([N+](=O)[O-])cc4)(CNCCNC2)CNCCNC3)cc1. The second-order valence-electron chi connectivity index (χ2n) is 11.5. The van der Waals surface area contributed by atoms with E-state index in [9.17, 15) is 20.2 Å². The van der Waals surface area contributed by atoms with E-state index >= 15 is 0 Å². The van der Waals surface area contributed by atoms with Crippen molar-refractivity contribution in [2.24, 2.45) is 5.41 Å². The van der Waals surface area contributed by atoms with Crippen molar-refractivity contribution in [2.45, 2.75) is 24.9 Å². The quantitative estimate of drug-likeness (QED) is 0.171. The molecule has 2 bridgehead atoms. The minimum Gasteiger partial charge on any atom is -0.315 e. The molecule has 3 aliphatic heterocycles. The van der Waals surface area contributed by atoms with Crippen molar-refractivity contribution in [2.75, 3.05) is 78.5 Å². The maximum Gasteiger partial charge on any atom is 0.269 e. The summed E-state index contributed by atoms with van der Waals surface area (Å²) in [7, 11) is 0. The average molecular weight is 584 g/mol. The Morgan fingerprint density at radius 2 is 0.976 bits per heavy atom. The minimum atomic E-state index is -0.373. The van der Waals surface area contributed by atoms with E-state index in [0.717, 1.165) is 103 Å². The summed E-state index contributed by atoms with van der Waals surface area (Å²) in [4.78, 5) is 21.4. The molecule has 3 heterocycles. The minimum absolute atomic E-state index is 0.0217. The van der Waals surface area contributed by atoms with Crippen LogP contribution in [-0.4, -0.2) is 93.9 Å². The van der Waals surface area contributed by atoms with Gasteiger partial charge >= 0.3 is 0 Å². The van der Waals surface area contributed by atoms with Crippen LogP contribution < -0.4 is 37.2 Å². The average Bonchev–Trinajstić information content (AvgIpc) is 3.00. The van der Waals surface area contributed by atoms with Crippen LogP contribution in [0.5, 0.6) is 0 Å². The molecule has 3 fully saturated rings. The van der Waals surface area contributed by atoms with E-state index in [1.54, 1.807) is 24.3 Å². The summed E-state index contributed by atoms with van der Waals surface area (Å²) in [5.41, 5.74) is 2.05. The van der Waals surface area contributed by atoms with Gasteiger partial charge in [0.15, 0.2) is 0 Å². The van der Waals surface area contributed by atoms with Crippen molar-refractivity contribution >= 4 is 11.4 Å². The van der Waals surface area contributed by atoms with Gasteiger partial charge in [-0.05, 0) is 24.0 Å². The van der Waals surface area contributed by atoms with Gasteiger partial charge in [0.2, 0.25) is 0 Å². The van der Waals surface area contributed by atoms with Crippen molar-refractivity contribution in [3.8, 4) is 0 Å². The summed E-state index contributed by atoms with van der Waals surface area (Å²) in [6, 6.07) is 13.7. The first-order valence-electron chi connectivity index (χ1n) is 14.8. The third-order valence-corrected chi connectivity index (χ3v) is 8.23. The number of hydrogen-bond donors (Lipinski definition) is 7. The lowest BCUT2D eigenvalue weighted by atomic mass is 9.81. The summed E-state index contributed by atoms with van der Waals surface area (Å²) in [5.74, 6) is 0. The van der Waals surface area contributed by atoms with Crippen LogP contribution >= 0.6 is 0 Å². The molecule has 0 amide bonds. The number of nitro benzene ring substituents is 2. The number of fused-ring (bicyclic) bond motifs is 15. The Morgan fingerprint density at radius 3 is 1.38 bits per heavy atom. The highest BCUT2D eigenvalue weighted by atomic mass is 16.6. The Labute approximate surface area is 247 Å². The lowest BCUT2D eigenvalue weighted by Gasteiger charge is -2.39. The zero-order valence-electron chi connectivity index (χ0n) is 24.3. The van der Waals surface area contributed by atoms with E-state index in [4.69, 9.17) is 0 Å². The molecule has 0 aromatic heterocycles. The molecule has 42 heavy (non-hydrogen) atoms. The van der Waals surface area contributed by atoms with Crippen LogP contribution in [0.4, 0.5) is 11.4 Å². The van der Waals surface area contributed by atoms with Gasteiger partial charge in [-0.3, -0.25) is 20.2 Å². The molecule has 0 atom stereocenters. The Bertz CT molecular complexity index is 998. The zero-order valence-corrected chi connectivity index (χ0v) is 24.3. The molecule has 230 valence electrons. The fourth-order valence-corrected chi connectivity index (χ4v) is 5.62. The number of nitrogens with one attached hydrogen (secondary N) is 7. The molecule has 0 saturated carbocycles. The summed E-state index contributed by atoms with van der Waals surface area (Å²) < 4.78 is 0. The highest BCUT2D eigenvalue weighted by Crippen LogP contribution is 2.24. The maximum absolute atomic E-state index is 11.1. The first-order valence-corrected chi connectivity index (χ1v) is 14.8. The second kappa shape index (κ2) is 16.0. The molecule has 5 rings (SSSR count). The predicted octanol–water partition coefficient (Wildman–Crippen LogP) is 0.515. The molecule has 3 saturated heterocycles. The molecule has 13 heteroatoms. The first kappa shape index (κ1) is 31.9. The molecular formula is C29H45N9O4. The van der Waals surface area contributed by atoms with E-state index in [1.165, 1.54) is 0 Å². The molecular weight excluding hydrogens is 538 g/mol. The van der Waals surface area contributed by atoms with Crippen LogP contribution in [0.3, 0.4) is 0 Å².